The number of likely N-dealkylation sites (N-methyl/N-ethyl adjacent to an activating group) is 1. The first-order valence-corrected chi connectivity index (χ1v) is 14.4. The van der Waals surface area contributed by atoms with Gasteiger partial charge in [-0.05, 0) is 36.7 Å². The minimum Gasteiger partial charge on any atom is -0.427 e. The second-order valence-corrected chi connectivity index (χ2v) is 15.2. The van der Waals surface area contributed by atoms with Crippen LogP contribution in [-0.2, 0) is 4.65 Å². The largest absolute Gasteiger partial charge is 0.427 e. The maximum atomic E-state index is 7.14. The lowest BCUT2D eigenvalue weighted by atomic mass is 9.50. The molecule has 0 spiro atoms. The van der Waals surface area contributed by atoms with Gasteiger partial charge in [0.05, 0.1) is 6.10 Å². The lowest BCUT2D eigenvalue weighted by molar-refractivity contribution is 0.158. The summed E-state index contributed by atoms with van der Waals surface area (Å²) < 4.78 is 7.14. The third kappa shape index (κ3) is 4.45. The van der Waals surface area contributed by atoms with Crippen molar-refractivity contribution in [1.82, 2.24) is 5.32 Å². The van der Waals surface area contributed by atoms with E-state index in [0.717, 1.165) is 17.2 Å². The fraction of sp³-hybridized carbons (Fsp3) is 0.727. The first-order chi connectivity index (χ1) is 12.4. The Kier molecular flexibility index (Phi) is 6.69. The highest BCUT2D eigenvalue weighted by atomic mass is 28.3. The average Bonchev–Trinajstić information content (AvgIpc) is 2.87. The molecular weight excluding hydrogens is 333 g/mol. The van der Waals surface area contributed by atoms with Crippen LogP contribution in [0, 0.1) is 5.92 Å². The van der Waals surface area contributed by atoms with Gasteiger partial charge in [-0.1, -0.05) is 88.5 Å². The summed E-state index contributed by atoms with van der Waals surface area (Å²) in [6.45, 7) is 10.4. The Balaban J connectivity index is 1.94. The molecule has 0 unspecified atom stereocenters. The van der Waals surface area contributed by atoms with Gasteiger partial charge < -0.3 is 9.97 Å². The minimum absolute atomic E-state index is 0.143. The zero-order valence-corrected chi connectivity index (χ0v) is 18.5. The topological polar surface area (TPSA) is 21.3 Å². The van der Waals surface area contributed by atoms with Crippen LogP contribution in [0.25, 0.3) is 0 Å². The Bertz CT molecular complexity index is 551. The summed E-state index contributed by atoms with van der Waals surface area (Å²) in [7, 11) is 0.765. The Labute approximate surface area is 162 Å². The van der Waals surface area contributed by atoms with Crippen LogP contribution >= 0.6 is 0 Å². The molecule has 2 aliphatic heterocycles. The molecule has 0 radical (unpaired) electrons. The van der Waals surface area contributed by atoms with Crippen molar-refractivity contribution in [1.29, 1.82) is 0 Å². The van der Waals surface area contributed by atoms with Crippen LogP contribution in [0.4, 0.5) is 0 Å². The van der Waals surface area contributed by atoms with Crippen LogP contribution in [0.5, 0.6) is 0 Å². The molecule has 1 aromatic rings. The molecule has 1 aromatic carbocycles. The van der Waals surface area contributed by atoms with Gasteiger partial charge in [0, 0.05) is 14.1 Å². The molecule has 3 atom stereocenters. The van der Waals surface area contributed by atoms with Gasteiger partial charge in [-0.3, -0.25) is 0 Å². The maximum Gasteiger partial charge on any atom is 0.297 e. The molecule has 4 heteroatoms. The summed E-state index contributed by atoms with van der Waals surface area (Å²) in [4.78, 5) is 0. The Morgan fingerprint density at radius 2 is 1.65 bits per heavy atom. The van der Waals surface area contributed by atoms with E-state index in [-0.39, 0.29) is 6.10 Å². The molecule has 2 bridgehead atoms. The van der Waals surface area contributed by atoms with Crippen molar-refractivity contribution in [3.63, 3.8) is 0 Å². The normalized spacial score (nSPS) is 29.1. The minimum atomic E-state index is -1.30. The predicted octanol–water partition coefficient (Wildman–Crippen LogP) is 5.95. The van der Waals surface area contributed by atoms with Gasteiger partial charge in [0.15, 0.2) is 0 Å². The molecule has 0 aromatic heterocycles. The molecule has 26 heavy (non-hydrogen) atoms. The summed E-state index contributed by atoms with van der Waals surface area (Å²) in [6, 6.07) is 11.2. The summed E-state index contributed by atoms with van der Waals surface area (Å²) in [6.07, 6.45) is 8.58. The number of benzene rings is 1. The zero-order chi connectivity index (χ0) is 18.7. The molecule has 144 valence electrons. The molecule has 2 nitrogen and oxygen atoms in total. The molecule has 2 saturated heterocycles. The van der Waals surface area contributed by atoms with Crippen molar-refractivity contribution in [2.75, 3.05) is 7.05 Å². The standard InChI is InChI=1S/C22H38BNOSi/c1-17(24-2)21(18-11-7-6-8-12-18)25-23-20-15-9-13-19(14-10-16-20)22(23)26(3,4)5/h6-8,11-12,17,19-22,24H,9-10,13-16H2,1-5H3/t17-,19?,20?,21+,22+/m0/s1. The summed E-state index contributed by atoms with van der Waals surface area (Å²) >= 11 is 0. The highest BCUT2D eigenvalue weighted by molar-refractivity contribution is 6.88. The lowest BCUT2D eigenvalue weighted by Gasteiger charge is -2.41. The zero-order valence-electron chi connectivity index (χ0n) is 17.5. The fourth-order valence-corrected chi connectivity index (χ4v) is 8.75. The van der Waals surface area contributed by atoms with Gasteiger partial charge in [0.25, 0.3) is 6.92 Å². The van der Waals surface area contributed by atoms with E-state index >= 15 is 0 Å². The molecule has 0 amide bonds. The van der Waals surface area contributed by atoms with Crippen molar-refractivity contribution < 1.29 is 4.65 Å². The second-order valence-electron chi connectivity index (χ2n) is 9.78. The first-order valence-electron chi connectivity index (χ1n) is 10.8. The summed E-state index contributed by atoms with van der Waals surface area (Å²) in [5.41, 5.74) is 2.12. The molecule has 2 heterocycles. The molecule has 3 rings (SSSR count). The van der Waals surface area contributed by atoms with Gasteiger partial charge >= 0.3 is 0 Å². The number of hydrogen-bond donors (Lipinski definition) is 1. The van der Waals surface area contributed by atoms with E-state index in [0.29, 0.717) is 13.0 Å². The quantitative estimate of drug-likeness (QED) is 0.624. The van der Waals surface area contributed by atoms with E-state index in [1.54, 1.807) is 0 Å². The van der Waals surface area contributed by atoms with E-state index in [4.69, 9.17) is 4.65 Å². The highest BCUT2D eigenvalue weighted by Crippen LogP contribution is 2.51. The molecule has 2 aliphatic rings. The van der Waals surface area contributed by atoms with Crippen LogP contribution in [0.1, 0.15) is 57.1 Å². The van der Waals surface area contributed by atoms with Gasteiger partial charge in [0.2, 0.25) is 0 Å². The van der Waals surface area contributed by atoms with E-state index in [1.807, 2.05) is 0 Å². The van der Waals surface area contributed by atoms with Gasteiger partial charge in [0.1, 0.15) is 0 Å². The fourth-order valence-electron chi connectivity index (χ4n) is 5.67. The van der Waals surface area contributed by atoms with E-state index in [1.165, 1.54) is 44.1 Å². The van der Waals surface area contributed by atoms with Gasteiger partial charge in [-0.15, -0.1) is 0 Å². The van der Waals surface area contributed by atoms with Crippen molar-refractivity contribution in [3.8, 4) is 0 Å². The summed E-state index contributed by atoms with van der Waals surface area (Å²) in [5, 5.41) is 3.47. The van der Waals surface area contributed by atoms with Crippen molar-refractivity contribution in [2.45, 2.75) is 88.5 Å². The van der Waals surface area contributed by atoms with Crippen LogP contribution in [0.2, 0.25) is 30.9 Å². The summed E-state index contributed by atoms with van der Waals surface area (Å²) in [5.74, 6) is 1.65. The second kappa shape index (κ2) is 8.62. The van der Waals surface area contributed by atoms with Crippen molar-refractivity contribution in [3.05, 3.63) is 35.9 Å². The number of nitrogens with one attached hydrogen (secondary N) is 1. The SMILES string of the molecule is CN[C@@H](C)[C@@H](OB1C2CCCC(CCC2)[C@H]1[Si](C)(C)C)c1ccccc1. The van der Waals surface area contributed by atoms with Crippen LogP contribution in [0.3, 0.4) is 0 Å². The van der Waals surface area contributed by atoms with Gasteiger partial charge in [-0.2, -0.15) is 0 Å². The Hall–Kier alpha value is -0.578. The van der Waals surface area contributed by atoms with Crippen LogP contribution in [-0.4, -0.2) is 28.1 Å². The third-order valence-electron chi connectivity index (χ3n) is 6.97. The van der Waals surface area contributed by atoms with E-state index in [9.17, 15) is 0 Å². The van der Waals surface area contributed by atoms with Crippen molar-refractivity contribution in [2.24, 2.45) is 5.92 Å². The number of hydrogen-bond acceptors (Lipinski definition) is 2. The first kappa shape index (κ1) is 20.2. The van der Waals surface area contributed by atoms with Crippen LogP contribution in [0.15, 0.2) is 30.3 Å². The number of rotatable bonds is 6. The average molecular weight is 371 g/mol. The third-order valence-corrected chi connectivity index (χ3v) is 9.77. The van der Waals surface area contributed by atoms with E-state index in [2.05, 4.69) is 69.3 Å². The van der Waals surface area contributed by atoms with E-state index < -0.39 is 8.07 Å². The monoisotopic (exact) mass is 371 g/mol. The number of fused-ring (bicyclic) bond motifs is 3. The Morgan fingerprint density at radius 1 is 1.04 bits per heavy atom. The highest BCUT2D eigenvalue weighted by Gasteiger charge is 2.50. The van der Waals surface area contributed by atoms with Crippen molar-refractivity contribution >= 4 is 15.0 Å². The Morgan fingerprint density at radius 3 is 2.19 bits per heavy atom. The lowest BCUT2D eigenvalue weighted by Crippen LogP contribution is -2.47. The molecule has 1 N–H and O–H groups in total. The maximum absolute atomic E-state index is 7.14. The molecule has 2 fully saturated rings. The molecule has 0 saturated carbocycles. The molecular formula is C22H38BNOSi. The molecule has 0 aliphatic carbocycles. The smallest absolute Gasteiger partial charge is 0.297 e. The van der Waals surface area contributed by atoms with Crippen LogP contribution < -0.4 is 5.32 Å². The van der Waals surface area contributed by atoms with Gasteiger partial charge in [-0.25, -0.2) is 0 Å². The predicted molar refractivity (Wildman–Crippen MR) is 117 cm³/mol.